The largest absolute Gasteiger partial charge is 0.501 e. The normalized spacial score (nSPS) is 14.3. The average molecular weight is 450 g/mol. The summed E-state index contributed by atoms with van der Waals surface area (Å²) in [7, 11) is 1.72. The molecule has 0 radical (unpaired) electrons. The number of aryl methyl sites for hydroxylation is 2. The predicted molar refractivity (Wildman–Crippen MR) is 122 cm³/mol. The van der Waals surface area contributed by atoms with Gasteiger partial charge < -0.3 is 14.7 Å². The van der Waals surface area contributed by atoms with Gasteiger partial charge >= 0.3 is 5.56 Å². The van der Waals surface area contributed by atoms with E-state index >= 15 is 0 Å². The minimum Gasteiger partial charge on any atom is -0.501 e. The Kier molecular flexibility index (Phi) is 5.33. The van der Waals surface area contributed by atoms with Crippen LogP contribution in [0.5, 0.6) is 5.75 Å². The van der Waals surface area contributed by atoms with E-state index in [4.69, 9.17) is 4.74 Å². The number of anilines is 1. The van der Waals surface area contributed by atoms with Crippen LogP contribution in [0.4, 0.5) is 10.1 Å². The Hall–Kier alpha value is -3.72. The molecule has 0 bridgehead atoms. The van der Waals surface area contributed by atoms with Crippen molar-refractivity contribution in [3.05, 3.63) is 69.9 Å². The highest BCUT2D eigenvalue weighted by molar-refractivity contribution is 6.04. The highest BCUT2D eigenvalue weighted by atomic mass is 19.1. The topological polar surface area (TPSA) is 89.1 Å². The molecule has 2 aromatic heterocycles. The van der Waals surface area contributed by atoms with Gasteiger partial charge in [0.25, 0.3) is 0 Å². The molecular weight excluding hydrogens is 427 g/mol. The van der Waals surface area contributed by atoms with E-state index in [0.717, 1.165) is 22.2 Å². The van der Waals surface area contributed by atoms with E-state index in [0.29, 0.717) is 38.4 Å². The van der Waals surface area contributed by atoms with E-state index in [1.165, 1.54) is 16.6 Å². The number of aromatic nitrogens is 3. The molecule has 5 rings (SSSR count). The first-order chi connectivity index (χ1) is 16.0. The minimum atomic E-state index is -0.697. The molecule has 1 fully saturated rings. The number of benzene rings is 2. The van der Waals surface area contributed by atoms with E-state index in [1.54, 1.807) is 23.9 Å². The number of rotatable bonds is 5. The van der Waals surface area contributed by atoms with Crippen molar-refractivity contribution < 1.29 is 19.0 Å². The fourth-order valence-electron chi connectivity index (χ4n) is 4.37. The summed E-state index contributed by atoms with van der Waals surface area (Å²) in [4.78, 5) is 32.7. The summed E-state index contributed by atoms with van der Waals surface area (Å²) in [6.45, 7) is 2.60. The monoisotopic (exact) mass is 450 g/mol. The first kappa shape index (κ1) is 21.1. The Bertz CT molecular complexity index is 1420. The van der Waals surface area contributed by atoms with Crippen LogP contribution in [0.1, 0.15) is 22.5 Å². The van der Waals surface area contributed by atoms with Crippen LogP contribution in [0.2, 0.25) is 0 Å². The molecule has 1 aliphatic rings. The van der Waals surface area contributed by atoms with Gasteiger partial charge in [-0.05, 0) is 36.2 Å². The molecule has 2 aromatic carbocycles. The predicted octanol–water partition coefficient (Wildman–Crippen LogP) is 2.68. The second-order valence-corrected chi connectivity index (χ2v) is 8.09. The van der Waals surface area contributed by atoms with Crippen molar-refractivity contribution in [2.45, 2.75) is 12.8 Å². The number of fused-ring (bicyclic) bond motifs is 3. The summed E-state index contributed by atoms with van der Waals surface area (Å²) in [5.41, 5.74) is 1.82. The van der Waals surface area contributed by atoms with Crippen LogP contribution >= 0.6 is 0 Å². The molecule has 0 saturated carbocycles. The first-order valence-corrected chi connectivity index (χ1v) is 10.8. The van der Waals surface area contributed by atoms with E-state index in [2.05, 4.69) is 9.88 Å². The van der Waals surface area contributed by atoms with Gasteiger partial charge in [0.05, 0.1) is 29.8 Å². The SMILES string of the molecule is Cn1c2cccc(N3CCOCC3)c2c2nc(C(=O)CCc3ccc(F)cc3)c(O)c(=O)n21. The summed E-state index contributed by atoms with van der Waals surface area (Å²) < 4.78 is 21.5. The van der Waals surface area contributed by atoms with Gasteiger partial charge in [0.2, 0.25) is 5.75 Å². The third kappa shape index (κ3) is 3.64. The zero-order chi connectivity index (χ0) is 23.1. The van der Waals surface area contributed by atoms with Gasteiger partial charge in [-0.15, -0.1) is 0 Å². The summed E-state index contributed by atoms with van der Waals surface area (Å²) in [5, 5.41) is 11.3. The molecule has 0 spiro atoms. The van der Waals surface area contributed by atoms with Gasteiger partial charge in [-0.1, -0.05) is 18.2 Å². The Balaban J connectivity index is 1.61. The summed E-state index contributed by atoms with van der Waals surface area (Å²) in [6.07, 6.45) is 0.372. The van der Waals surface area contributed by atoms with Crippen molar-refractivity contribution in [3.8, 4) is 5.75 Å². The number of aromatic hydroxyl groups is 1. The van der Waals surface area contributed by atoms with E-state index in [9.17, 15) is 19.1 Å². The van der Waals surface area contributed by atoms with Gasteiger partial charge in [0.15, 0.2) is 17.1 Å². The number of ketones is 1. The average Bonchev–Trinajstić information content (AvgIpc) is 3.13. The molecule has 33 heavy (non-hydrogen) atoms. The van der Waals surface area contributed by atoms with Gasteiger partial charge in [-0.3, -0.25) is 14.3 Å². The number of ether oxygens (including phenoxy) is 1. The maximum atomic E-state index is 13.1. The molecular formula is C24H23FN4O4. The van der Waals surface area contributed by atoms with Crippen LogP contribution in [0, 0.1) is 5.82 Å². The molecule has 3 heterocycles. The van der Waals surface area contributed by atoms with Gasteiger partial charge in [-0.2, -0.15) is 4.52 Å². The molecule has 1 N–H and O–H groups in total. The zero-order valence-electron chi connectivity index (χ0n) is 18.1. The number of Topliss-reactive ketones (excluding diaryl/α,β-unsaturated/α-hetero) is 1. The number of morpholine rings is 1. The van der Waals surface area contributed by atoms with Gasteiger partial charge in [-0.25, -0.2) is 9.37 Å². The van der Waals surface area contributed by atoms with E-state index in [-0.39, 0.29) is 17.9 Å². The lowest BCUT2D eigenvalue weighted by atomic mass is 10.1. The fraction of sp³-hybridized carbons (Fsp3) is 0.292. The molecule has 8 nitrogen and oxygen atoms in total. The third-order valence-corrected chi connectivity index (χ3v) is 6.10. The van der Waals surface area contributed by atoms with Crippen molar-refractivity contribution in [2.24, 2.45) is 7.05 Å². The number of carbonyl (C=O) groups is 1. The van der Waals surface area contributed by atoms with Crippen molar-refractivity contribution >= 4 is 28.0 Å². The lowest BCUT2D eigenvalue weighted by molar-refractivity contribution is 0.0975. The van der Waals surface area contributed by atoms with Gasteiger partial charge in [0, 0.05) is 26.6 Å². The Labute approximate surface area is 188 Å². The number of nitrogens with zero attached hydrogens (tertiary/aromatic N) is 4. The fourth-order valence-corrected chi connectivity index (χ4v) is 4.37. The van der Waals surface area contributed by atoms with Gasteiger partial charge in [0.1, 0.15) is 5.82 Å². The molecule has 1 aliphatic heterocycles. The number of halogens is 1. The quantitative estimate of drug-likeness (QED) is 0.471. The molecule has 1 saturated heterocycles. The Morgan fingerprint density at radius 1 is 1.15 bits per heavy atom. The molecule has 9 heteroatoms. The minimum absolute atomic E-state index is 0.0306. The lowest BCUT2D eigenvalue weighted by Crippen LogP contribution is -2.36. The van der Waals surface area contributed by atoms with Crippen molar-refractivity contribution in [3.63, 3.8) is 0 Å². The number of hydrogen-bond donors (Lipinski definition) is 1. The van der Waals surface area contributed by atoms with Crippen LogP contribution in [0.3, 0.4) is 0 Å². The molecule has 0 amide bonds. The smallest absolute Gasteiger partial charge is 0.315 e. The second-order valence-electron chi connectivity index (χ2n) is 8.09. The maximum Gasteiger partial charge on any atom is 0.315 e. The summed E-state index contributed by atoms with van der Waals surface area (Å²) >= 11 is 0. The third-order valence-electron chi connectivity index (χ3n) is 6.10. The van der Waals surface area contributed by atoms with Crippen LogP contribution in [0.25, 0.3) is 16.6 Å². The van der Waals surface area contributed by atoms with Crippen molar-refractivity contribution in [1.29, 1.82) is 0 Å². The molecule has 0 aliphatic carbocycles. The van der Waals surface area contributed by atoms with E-state index < -0.39 is 17.1 Å². The molecule has 4 aromatic rings. The first-order valence-electron chi connectivity index (χ1n) is 10.8. The standard InChI is InChI=1S/C24H23FN4O4/c1-27-17-3-2-4-18(28-11-13-33-14-12-28)20(17)23-26-21(22(31)24(32)29(23)27)19(30)10-7-15-5-8-16(25)9-6-15/h2-6,8-9,31H,7,10-14H2,1H3. The highest BCUT2D eigenvalue weighted by Crippen LogP contribution is 2.32. The van der Waals surface area contributed by atoms with Crippen LogP contribution < -0.4 is 10.5 Å². The van der Waals surface area contributed by atoms with Crippen LogP contribution in [-0.4, -0.2) is 51.4 Å². The van der Waals surface area contributed by atoms with Crippen LogP contribution in [0.15, 0.2) is 47.3 Å². The van der Waals surface area contributed by atoms with Crippen LogP contribution in [-0.2, 0) is 18.2 Å². The van der Waals surface area contributed by atoms with Crippen molar-refractivity contribution in [1.82, 2.24) is 14.2 Å². The molecule has 0 atom stereocenters. The summed E-state index contributed by atoms with van der Waals surface area (Å²) in [5.74, 6) is -1.47. The summed E-state index contributed by atoms with van der Waals surface area (Å²) in [6, 6.07) is 11.6. The maximum absolute atomic E-state index is 13.1. The highest BCUT2D eigenvalue weighted by Gasteiger charge is 2.25. The molecule has 170 valence electrons. The molecule has 0 unspecified atom stereocenters. The lowest BCUT2D eigenvalue weighted by Gasteiger charge is -2.29. The number of carbonyl (C=O) groups excluding carboxylic acids is 1. The zero-order valence-corrected chi connectivity index (χ0v) is 18.1. The van der Waals surface area contributed by atoms with E-state index in [1.807, 2.05) is 18.2 Å². The second kappa shape index (κ2) is 8.32. The Morgan fingerprint density at radius 3 is 2.61 bits per heavy atom. The van der Waals surface area contributed by atoms with Crippen molar-refractivity contribution in [2.75, 3.05) is 31.2 Å². The Morgan fingerprint density at radius 2 is 1.88 bits per heavy atom. The number of hydrogen-bond acceptors (Lipinski definition) is 6.